The van der Waals surface area contributed by atoms with E-state index in [0.29, 0.717) is 43.7 Å². The first-order valence-electron chi connectivity index (χ1n) is 10.5. The molecule has 3 aromatic rings. The van der Waals surface area contributed by atoms with E-state index in [-0.39, 0.29) is 28.8 Å². The molecule has 32 heavy (non-hydrogen) atoms. The van der Waals surface area contributed by atoms with Gasteiger partial charge in [-0.05, 0) is 31.9 Å². The van der Waals surface area contributed by atoms with Gasteiger partial charge < -0.3 is 14.1 Å². The van der Waals surface area contributed by atoms with E-state index < -0.39 is 10.0 Å². The van der Waals surface area contributed by atoms with Gasteiger partial charge in [0.2, 0.25) is 10.9 Å². The lowest BCUT2D eigenvalue weighted by molar-refractivity contribution is 0.0966. The van der Waals surface area contributed by atoms with Gasteiger partial charge in [0.25, 0.3) is 10.0 Å². The molecule has 0 saturated carbocycles. The molecule has 0 atom stereocenters. The molecule has 0 bridgehead atoms. The maximum atomic E-state index is 13.3. The fourth-order valence-corrected chi connectivity index (χ4v) is 5.03. The third-order valence-electron chi connectivity index (χ3n) is 5.25. The van der Waals surface area contributed by atoms with Crippen molar-refractivity contribution in [1.29, 1.82) is 0 Å². The zero-order valence-corrected chi connectivity index (χ0v) is 18.5. The zero-order chi connectivity index (χ0) is 22.6. The van der Waals surface area contributed by atoms with Crippen molar-refractivity contribution in [2.24, 2.45) is 0 Å². The number of amides is 1. The molecule has 1 aliphatic rings. The number of aromatic nitrogens is 1. The summed E-state index contributed by atoms with van der Waals surface area (Å²) in [5.41, 5.74) is 1.31. The topological polar surface area (TPSA) is 102 Å². The summed E-state index contributed by atoms with van der Waals surface area (Å²) < 4.78 is 40.3. The summed E-state index contributed by atoms with van der Waals surface area (Å²) in [6, 6.07) is 17.9. The first-order valence-corrected chi connectivity index (χ1v) is 12.0. The molecular weight excluding hydrogens is 430 g/mol. The maximum Gasteiger partial charge on any atom is 0.409 e. The van der Waals surface area contributed by atoms with E-state index in [2.05, 4.69) is 9.71 Å². The van der Waals surface area contributed by atoms with E-state index >= 15 is 0 Å². The highest BCUT2D eigenvalue weighted by Crippen LogP contribution is 2.32. The lowest BCUT2D eigenvalue weighted by Crippen LogP contribution is -2.46. The number of hydrogen-bond donors (Lipinski definition) is 1. The van der Waals surface area contributed by atoms with Crippen molar-refractivity contribution in [3.8, 4) is 22.8 Å². The minimum atomic E-state index is -3.96. The number of carbonyl (C=O) groups excluding carboxylic acids is 1. The second-order valence-corrected chi connectivity index (χ2v) is 9.10. The average molecular weight is 456 g/mol. The molecule has 1 aliphatic heterocycles. The standard InChI is InChI=1S/C23H25N3O5S/c1-2-30-23(27)26-15-13-19(14-16-26)25-32(28,29)22-20(17-9-5-3-6-10-17)31-21(24-22)18-11-7-4-8-12-18/h3-12,19,25H,2,13-16H2,1H3. The second kappa shape index (κ2) is 9.54. The molecule has 1 amide bonds. The summed E-state index contributed by atoms with van der Waals surface area (Å²) in [6.45, 7) is 2.91. The van der Waals surface area contributed by atoms with E-state index in [1.165, 1.54) is 0 Å². The predicted molar refractivity (Wildman–Crippen MR) is 119 cm³/mol. The summed E-state index contributed by atoms with van der Waals surface area (Å²) in [4.78, 5) is 17.8. The van der Waals surface area contributed by atoms with Gasteiger partial charge in [0.05, 0.1) is 6.61 Å². The van der Waals surface area contributed by atoms with Gasteiger partial charge in [0, 0.05) is 30.3 Å². The Morgan fingerprint density at radius 1 is 1.06 bits per heavy atom. The van der Waals surface area contributed by atoms with Gasteiger partial charge in [0.15, 0.2) is 5.76 Å². The highest BCUT2D eigenvalue weighted by molar-refractivity contribution is 7.89. The Morgan fingerprint density at radius 2 is 1.66 bits per heavy atom. The van der Waals surface area contributed by atoms with Crippen LogP contribution in [0.1, 0.15) is 19.8 Å². The summed E-state index contributed by atoms with van der Waals surface area (Å²) in [5.74, 6) is 0.433. The third kappa shape index (κ3) is 4.84. The predicted octanol–water partition coefficient (Wildman–Crippen LogP) is 3.91. The van der Waals surface area contributed by atoms with Crippen LogP contribution in [0, 0.1) is 0 Å². The van der Waals surface area contributed by atoms with Gasteiger partial charge in [-0.15, -0.1) is 0 Å². The van der Waals surface area contributed by atoms with Crippen molar-refractivity contribution in [1.82, 2.24) is 14.6 Å². The molecule has 0 unspecified atom stereocenters. The lowest BCUT2D eigenvalue weighted by Gasteiger charge is -2.31. The van der Waals surface area contributed by atoms with Gasteiger partial charge in [-0.2, -0.15) is 4.98 Å². The molecule has 0 spiro atoms. The Kier molecular flexibility index (Phi) is 6.57. The Labute approximate surface area is 187 Å². The Bertz CT molecular complexity index is 1150. The number of oxazole rings is 1. The molecule has 8 nitrogen and oxygen atoms in total. The van der Waals surface area contributed by atoms with Gasteiger partial charge in [-0.1, -0.05) is 48.5 Å². The van der Waals surface area contributed by atoms with E-state index in [9.17, 15) is 13.2 Å². The van der Waals surface area contributed by atoms with Gasteiger partial charge in [-0.3, -0.25) is 0 Å². The Balaban J connectivity index is 1.59. The number of piperidine rings is 1. The van der Waals surface area contributed by atoms with Crippen LogP contribution in [0.25, 0.3) is 22.8 Å². The molecule has 2 heterocycles. The molecule has 1 fully saturated rings. The van der Waals surface area contributed by atoms with Crippen molar-refractivity contribution in [2.75, 3.05) is 19.7 Å². The van der Waals surface area contributed by atoms with Crippen LogP contribution in [0.5, 0.6) is 0 Å². The van der Waals surface area contributed by atoms with E-state index in [1.807, 2.05) is 48.5 Å². The van der Waals surface area contributed by atoms with Crippen LogP contribution in [-0.2, 0) is 14.8 Å². The van der Waals surface area contributed by atoms with Crippen LogP contribution in [0.3, 0.4) is 0 Å². The van der Waals surface area contributed by atoms with Crippen molar-refractivity contribution in [2.45, 2.75) is 30.8 Å². The van der Waals surface area contributed by atoms with Crippen LogP contribution in [0.4, 0.5) is 4.79 Å². The molecule has 1 N–H and O–H groups in total. The van der Waals surface area contributed by atoms with E-state index in [4.69, 9.17) is 9.15 Å². The number of carbonyl (C=O) groups is 1. The zero-order valence-electron chi connectivity index (χ0n) is 17.7. The van der Waals surface area contributed by atoms with Gasteiger partial charge >= 0.3 is 6.09 Å². The number of likely N-dealkylation sites (tertiary alicyclic amines) is 1. The minimum Gasteiger partial charge on any atom is -0.450 e. The van der Waals surface area contributed by atoms with Gasteiger partial charge in [-0.25, -0.2) is 17.9 Å². The maximum absolute atomic E-state index is 13.3. The summed E-state index contributed by atoms with van der Waals surface area (Å²) >= 11 is 0. The third-order valence-corrected chi connectivity index (χ3v) is 6.68. The van der Waals surface area contributed by atoms with Crippen LogP contribution >= 0.6 is 0 Å². The highest BCUT2D eigenvalue weighted by Gasteiger charge is 2.32. The average Bonchev–Trinajstić information content (AvgIpc) is 3.27. The lowest BCUT2D eigenvalue weighted by atomic mass is 10.1. The molecule has 168 valence electrons. The van der Waals surface area contributed by atoms with Crippen LogP contribution < -0.4 is 4.72 Å². The van der Waals surface area contributed by atoms with Crippen molar-refractivity contribution < 1.29 is 22.4 Å². The molecule has 0 aliphatic carbocycles. The summed E-state index contributed by atoms with van der Waals surface area (Å²) in [5, 5.41) is -0.143. The number of sulfonamides is 1. The van der Waals surface area contributed by atoms with Crippen LogP contribution in [0.15, 0.2) is 70.1 Å². The number of rotatable bonds is 6. The number of benzene rings is 2. The van der Waals surface area contributed by atoms with Crippen molar-refractivity contribution in [3.63, 3.8) is 0 Å². The fraction of sp³-hybridized carbons (Fsp3) is 0.304. The van der Waals surface area contributed by atoms with E-state index in [0.717, 1.165) is 0 Å². The Morgan fingerprint density at radius 3 is 2.25 bits per heavy atom. The summed E-state index contributed by atoms with van der Waals surface area (Å²) in [6.07, 6.45) is 0.605. The van der Waals surface area contributed by atoms with Gasteiger partial charge in [0.1, 0.15) is 0 Å². The fourth-order valence-electron chi connectivity index (χ4n) is 3.63. The number of nitrogens with zero attached hydrogens (tertiary/aromatic N) is 2. The van der Waals surface area contributed by atoms with Crippen molar-refractivity contribution >= 4 is 16.1 Å². The molecule has 1 aromatic heterocycles. The van der Waals surface area contributed by atoms with Crippen LogP contribution in [0.2, 0.25) is 0 Å². The largest absolute Gasteiger partial charge is 0.450 e. The Hall–Kier alpha value is -3.17. The number of hydrogen-bond acceptors (Lipinski definition) is 6. The SMILES string of the molecule is CCOC(=O)N1CCC(NS(=O)(=O)c2nc(-c3ccccc3)oc2-c2ccccc2)CC1. The van der Waals surface area contributed by atoms with Crippen LogP contribution in [-0.4, -0.2) is 50.1 Å². The minimum absolute atomic E-state index is 0.143. The summed E-state index contributed by atoms with van der Waals surface area (Å²) in [7, 11) is -3.96. The molecule has 0 radical (unpaired) electrons. The molecule has 9 heteroatoms. The first kappa shape index (κ1) is 22.0. The smallest absolute Gasteiger partial charge is 0.409 e. The normalized spacial score (nSPS) is 15.0. The quantitative estimate of drug-likeness (QED) is 0.605. The molecule has 1 saturated heterocycles. The molecular formula is C23H25N3O5S. The second-order valence-electron chi connectivity index (χ2n) is 7.47. The monoisotopic (exact) mass is 455 g/mol. The first-order chi connectivity index (χ1) is 15.5. The van der Waals surface area contributed by atoms with E-state index in [1.54, 1.807) is 24.0 Å². The molecule has 4 rings (SSSR count). The molecule has 2 aromatic carbocycles. The number of ether oxygens (including phenoxy) is 1. The number of nitrogens with one attached hydrogen (secondary N) is 1. The van der Waals surface area contributed by atoms with Crippen molar-refractivity contribution in [3.05, 3.63) is 60.7 Å². The highest BCUT2D eigenvalue weighted by atomic mass is 32.2.